The minimum atomic E-state index is -5.11. The second kappa shape index (κ2) is 11.9. The molecule has 37 heavy (non-hydrogen) atoms. The van der Waals surface area contributed by atoms with Crippen LogP contribution in [-0.2, 0) is 33.9 Å². The van der Waals surface area contributed by atoms with Crippen molar-refractivity contribution in [3.05, 3.63) is 102 Å². The van der Waals surface area contributed by atoms with Gasteiger partial charge in [0, 0.05) is 19.1 Å². The van der Waals surface area contributed by atoms with Gasteiger partial charge in [0.25, 0.3) is 0 Å². The van der Waals surface area contributed by atoms with Crippen LogP contribution in [0.1, 0.15) is 38.8 Å². The molecule has 0 aliphatic rings. The summed E-state index contributed by atoms with van der Waals surface area (Å²) < 4.78 is 73.6. The molecule has 9 heteroatoms. The molecule has 3 aromatic carbocycles. The molecular weight excluding hydrogens is 514 g/mol. The topological polar surface area (TPSA) is 66.5 Å². The Bertz CT molecular complexity index is 1230. The fraction of sp³-hybridized carbons (Fsp3) is 0.357. The molecule has 1 unspecified atom stereocenters. The Hall–Kier alpha value is -2.46. The second-order valence-corrected chi connectivity index (χ2v) is 14.0. The highest BCUT2D eigenvalue weighted by Gasteiger charge is 2.56. The minimum Gasteiger partial charge on any atom is -0.290 e. The fourth-order valence-electron chi connectivity index (χ4n) is 3.85. The number of hydrogen-bond donors (Lipinski definition) is 1. The van der Waals surface area contributed by atoms with E-state index in [1.165, 1.54) is 12.1 Å². The third kappa shape index (κ3) is 7.10. The van der Waals surface area contributed by atoms with Gasteiger partial charge in [-0.15, -0.1) is 0 Å². The van der Waals surface area contributed by atoms with Crippen molar-refractivity contribution in [2.24, 2.45) is 0 Å². The molecule has 0 saturated carbocycles. The van der Waals surface area contributed by atoms with Crippen LogP contribution in [0.2, 0.25) is 0 Å². The number of alkyl halides is 2. The van der Waals surface area contributed by atoms with Gasteiger partial charge in [0.1, 0.15) is 6.04 Å². The van der Waals surface area contributed by atoms with E-state index in [1.54, 1.807) is 38.7 Å². The average molecular weight is 549 g/mol. The van der Waals surface area contributed by atoms with Gasteiger partial charge in [0.2, 0.25) is 9.84 Å². The van der Waals surface area contributed by atoms with Crippen LogP contribution in [0.3, 0.4) is 0 Å². The summed E-state index contributed by atoms with van der Waals surface area (Å²) in [6.45, 7) is 7.07. The van der Waals surface area contributed by atoms with Gasteiger partial charge in [-0.3, -0.25) is 4.90 Å². The average Bonchev–Trinajstić information content (AvgIpc) is 2.87. The van der Waals surface area contributed by atoms with Crippen LogP contribution in [0.15, 0.2) is 95.9 Å². The van der Waals surface area contributed by atoms with Crippen LogP contribution in [0.4, 0.5) is 8.78 Å². The van der Waals surface area contributed by atoms with Gasteiger partial charge in [-0.2, -0.15) is 8.78 Å². The maximum absolute atomic E-state index is 16.2. The molecule has 0 fully saturated rings. The highest BCUT2D eigenvalue weighted by molar-refractivity contribution is 7.92. The van der Waals surface area contributed by atoms with E-state index in [-0.39, 0.29) is 0 Å². The summed E-state index contributed by atoms with van der Waals surface area (Å²) in [5.74, 6) is 0. The van der Waals surface area contributed by atoms with Crippen molar-refractivity contribution in [3.8, 4) is 0 Å². The SMILES string of the molecule is C[C@@H]([C@H](NS(=O)C(C)(C)C)C(F)(F)S(=O)(=O)c1ccccc1)N(Cc1ccccc1)Cc1ccccc1. The van der Waals surface area contributed by atoms with Crippen molar-refractivity contribution in [2.75, 3.05) is 0 Å². The van der Waals surface area contributed by atoms with E-state index in [0.717, 1.165) is 23.3 Å². The maximum Gasteiger partial charge on any atom is 0.367 e. The minimum absolute atomic E-state index is 0.290. The maximum atomic E-state index is 16.2. The van der Waals surface area contributed by atoms with Gasteiger partial charge in [-0.1, -0.05) is 78.9 Å². The van der Waals surface area contributed by atoms with Gasteiger partial charge in [-0.25, -0.2) is 17.3 Å². The first-order valence-corrected chi connectivity index (χ1v) is 14.6. The van der Waals surface area contributed by atoms with Crippen molar-refractivity contribution in [1.82, 2.24) is 9.62 Å². The molecule has 0 amide bonds. The molecule has 0 radical (unpaired) electrons. The van der Waals surface area contributed by atoms with Crippen molar-refractivity contribution < 1.29 is 21.4 Å². The van der Waals surface area contributed by atoms with Crippen molar-refractivity contribution in [2.45, 2.75) is 67.8 Å². The van der Waals surface area contributed by atoms with Gasteiger partial charge < -0.3 is 0 Å². The molecule has 3 aromatic rings. The normalized spacial score (nSPS) is 15.3. The zero-order chi connectivity index (χ0) is 27.3. The van der Waals surface area contributed by atoms with E-state index in [9.17, 15) is 12.6 Å². The number of rotatable bonds is 11. The number of halogens is 2. The highest BCUT2D eigenvalue weighted by atomic mass is 32.2. The largest absolute Gasteiger partial charge is 0.367 e. The zero-order valence-corrected chi connectivity index (χ0v) is 23.1. The number of benzene rings is 3. The van der Waals surface area contributed by atoms with Crippen LogP contribution < -0.4 is 4.72 Å². The fourth-order valence-corrected chi connectivity index (χ4v) is 6.28. The third-order valence-electron chi connectivity index (χ3n) is 6.08. The summed E-state index contributed by atoms with van der Waals surface area (Å²) in [4.78, 5) is 1.30. The second-order valence-electron chi connectivity index (χ2n) is 9.97. The molecule has 0 bridgehead atoms. The lowest BCUT2D eigenvalue weighted by Gasteiger charge is -2.39. The number of nitrogens with one attached hydrogen (secondary N) is 1. The van der Waals surface area contributed by atoms with Gasteiger partial charge in [0.15, 0.2) is 0 Å². The Labute approximate surface area is 221 Å². The summed E-state index contributed by atoms with van der Waals surface area (Å²) in [5.41, 5.74) is 1.77. The molecule has 1 N–H and O–H groups in total. The molecule has 0 spiro atoms. The van der Waals surface area contributed by atoms with Crippen LogP contribution in [0.5, 0.6) is 0 Å². The Morgan fingerprint density at radius 3 is 1.62 bits per heavy atom. The van der Waals surface area contributed by atoms with E-state index in [1.807, 2.05) is 60.7 Å². The molecule has 0 heterocycles. The lowest BCUT2D eigenvalue weighted by Crippen LogP contribution is -2.61. The summed E-state index contributed by atoms with van der Waals surface area (Å²) in [6, 6.07) is 22.4. The van der Waals surface area contributed by atoms with Crippen LogP contribution >= 0.6 is 0 Å². The van der Waals surface area contributed by atoms with Gasteiger partial charge >= 0.3 is 5.25 Å². The highest BCUT2D eigenvalue weighted by Crippen LogP contribution is 2.36. The first-order chi connectivity index (χ1) is 17.3. The number of nitrogens with zero attached hydrogens (tertiary/aromatic N) is 1. The number of hydrogen-bond acceptors (Lipinski definition) is 4. The van der Waals surface area contributed by atoms with Crippen molar-refractivity contribution in [3.63, 3.8) is 0 Å². The Balaban J connectivity index is 2.08. The monoisotopic (exact) mass is 548 g/mol. The first kappa shape index (κ1) is 29.1. The van der Waals surface area contributed by atoms with E-state index in [2.05, 4.69) is 4.72 Å². The Morgan fingerprint density at radius 1 is 0.811 bits per heavy atom. The molecule has 0 aliphatic carbocycles. The molecule has 3 rings (SSSR count). The van der Waals surface area contributed by atoms with E-state index >= 15 is 8.78 Å². The van der Waals surface area contributed by atoms with E-state index < -0.39 is 47.8 Å². The lowest BCUT2D eigenvalue weighted by atomic mass is 10.1. The summed E-state index contributed by atoms with van der Waals surface area (Å²) in [7, 11) is -7.07. The lowest BCUT2D eigenvalue weighted by molar-refractivity contribution is 0.0119. The van der Waals surface area contributed by atoms with Gasteiger partial charge in [-0.05, 0) is 51.0 Å². The summed E-state index contributed by atoms with van der Waals surface area (Å²) >= 11 is 0. The zero-order valence-electron chi connectivity index (χ0n) is 21.5. The van der Waals surface area contributed by atoms with Crippen LogP contribution in [0, 0.1) is 0 Å². The number of sulfone groups is 1. The molecule has 0 saturated heterocycles. The standard InChI is InChI=1S/C28H34F2N2O3S2/c1-22(32(20-23-14-8-5-9-15-23)21-24-16-10-6-11-17-24)26(31-36(33)27(2,3)4)28(29,30)37(34,35)25-18-12-7-13-19-25/h5-19,22,26,31H,20-21H2,1-4H3/t22-,26-,36?/m0/s1. The Kier molecular flexibility index (Phi) is 9.39. The van der Waals surface area contributed by atoms with E-state index in [4.69, 9.17) is 0 Å². The summed E-state index contributed by atoms with van der Waals surface area (Å²) in [6.07, 6.45) is 0. The quantitative estimate of drug-likeness (QED) is 0.341. The molecule has 0 aromatic heterocycles. The molecule has 0 aliphatic heterocycles. The summed E-state index contributed by atoms with van der Waals surface area (Å²) in [5, 5.41) is -4.26. The van der Waals surface area contributed by atoms with Crippen molar-refractivity contribution >= 4 is 20.8 Å². The first-order valence-electron chi connectivity index (χ1n) is 12.0. The molecular formula is C28H34F2N2O3S2. The van der Waals surface area contributed by atoms with Crippen molar-refractivity contribution in [1.29, 1.82) is 0 Å². The predicted octanol–water partition coefficient (Wildman–Crippen LogP) is 5.56. The third-order valence-corrected chi connectivity index (χ3v) is 9.52. The van der Waals surface area contributed by atoms with Gasteiger partial charge in [0.05, 0.1) is 20.6 Å². The molecule has 5 nitrogen and oxygen atoms in total. The predicted molar refractivity (Wildman–Crippen MR) is 145 cm³/mol. The molecule has 3 atom stereocenters. The molecule has 200 valence electrons. The smallest absolute Gasteiger partial charge is 0.290 e. The Morgan fingerprint density at radius 2 is 1.22 bits per heavy atom. The van der Waals surface area contributed by atoms with E-state index in [0.29, 0.717) is 13.1 Å². The van der Waals surface area contributed by atoms with Crippen LogP contribution in [0.25, 0.3) is 0 Å². The van der Waals surface area contributed by atoms with Crippen LogP contribution in [-0.4, -0.2) is 39.6 Å².